The molecule has 2 aliphatic rings. The summed E-state index contributed by atoms with van der Waals surface area (Å²) in [5.74, 6) is 0.355. The Kier molecular flexibility index (Phi) is 4.26. The number of carbonyl (C=O) groups is 2. The molecule has 0 spiro atoms. The molecule has 1 atom stereocenters. The van der Waals surface area contributed by atoms with E-state index < -0.39 is 0 Å². The van der Waals surface area contributed by atoms with Gasteiger partial charge in [0.25, 0.3) is 5.91 Å². The van der Waals surface area contributed by atoms with Gasteiger partial charge < -0.3 is 9.80 Å². The lowest BCUT2D eigenvalue weighted by molar-refractivity contribution is -0.137. The average molecular weight is 338 g/mol. The summed E-state index contributed by atoms with van der Waals surface area (Å²) >= 11 is 0. The zero-order chi connectivity index (χ0) is 17.2. The van der Waals surface area contributed by atoms with Crippen LogP contribution < -0.4 is 0 Å². The van der Waals surface area contributed by atoms with E-state index in [9.17, 15) is 9.59 Å². The minimum atomic E-state index is -0.00565. The highest BCUT2D eigenvalue weighted by molar-refractivity contribution is 6.00. The molecule has 1 saturated heterocycles. The molecule has 1 fully saturated rings. The number of fused-ring (bicyclic) bond motifs is 1. The first-order chi connectivity index (χ1) is 12.2. The third-order valence-corrected chi connectivity index (χ3v) is 5.15. The van der Waals surface area contributed by atoms with Crippen LogP contribution in [0.3, 0.4) is 0 Å². The van der Waals surface area contributed by atoms with E-state index in [1.165, 1.54) is 0 Å². The van der Waals surface area contributed by atoms with Crippen LogP contribution in [0.5, 0.6) is 0 Å². The van der Waals surface area contributed by atoms with Gasteiger partial charge in [-0.3, -0.25) is 9.59 Å². The third kappa shape index (κ3) is 3.04. The minimum absolute atomic E-state index is 0.00565. The summed E-state index contributed by atoms with van der Waals surface area (Å²) < 4.78 is 1.71. The molecule has 0 bridgehead atoms. The fourth-order valence-electron chi connectivity index (χ4n) is 3.68. The number of hydrogen-bond acceptors (Lipinski definition) is 3. The first-order valence-electron chi connectivity index (χ1n) is 8.89. The van der Waals surface area contributed by atoms with Gasteiger partial charge in [-0.05, 0) is 31.4 Å². The molecule has 0 saturated carbocycles. The molecule has 2 amide bonds. The van der Waals surface area contributed by atoms with Gasteiger partial charge in [-0.1, -0.05) is 18.2 Å². The summed E-state index contributed by atoms with van der Waals surface area (Å²) in [5, 5.41) is 4.24. The van der Waals surface area contributed by atoms with E-state index in [2.05, 4.69) is 17.3 Å². The molecule has 6 heteroatoms. The van der Waals surface area contributed by atoms with Crippen LogP contribution in [-0.4, -0.2) is 57.4 Å². The highest BCUT2D eigenvalue weighted by Crippen LogP contribution is 2.22. The molecular weight excluding hydrogens is 316 g/mol. The zero-order valence-electron chi connectivity index (χ0n) is 14.2. The van der Waals surface area contributed by atoms with Crippen molar-refractivity contribution >= 4 is 17.3 Å². The number of piperazine rings is 1. The largest absolute Gasteiger partial charge is 0.339 e. The van der Waals surface area contributed by atoms with Crippen molar-refractivity contribution in [3.05, 3.63) is 48.3 Å². The Morgan fingerprint density at radius 3 is 2.60 bits per heavy atom. The smallest absolute Gasteiger partial charge is 0.257 e. The van der Waals surface area contributed by atoms with Crippen LogP contribution in [0.25, 0.3) is 5.52 Å². The molecule has 3 heterocycles. The van der Waals surface area contributed by atoms with Crippen molar-refractivity contribution in [3.8, 4) is 0 Å². The molecule has 0 N–H and O–H groups in total. The topological polar surface area (TPSA) is 57.9 Å². The van der Waals surface area contributed by atoms with Crippen LogP contribution in [0.2, 0.25) is 0 Å². The average Bonchev–Trinajstić information content (AvgIpc) is 3.12. The summed E-state index contributed by atoms with van der Waals surface area (Å²) in [4.78, 5) is 29.2. The lowest BCUT2D eigenvalue weighted by atomic mass is 9.93. The number of pyridine rings is 1. The lowest BCUT2D eigenvalue weighted by Crippen LogP contribution is -2.52. The molecule has 130 valence electrons. The van der Waals surface area contributed by atoms with E-state index in [4.69, 9.17) is 0 Å². The number of allylic oxidation sites excluding steroid dienone is 2. The van der Waals surface area contributed by atoms with Gasteiger partial charge in [0, 0.05) is 38.3 Å². The summed E-state index contributed by atoms with van der Waals surface area (Å²) in [6.45, 7) is 2.39. The van der Waals surface area contributed by atoms with Crippen LogP contribution in [-0.2, 0) is 4.79 Å². The number of aromatic nitrogens is 2. The van der Waals surface area contributed by atoms with E-state index in [1.54, 1.807) is 10.7 Å². The van der Waals surface area contributed by atoms with Crippen molar-refractivity contribution in [2.75, 3.05) is 26.2 Å². The molecule has 0 radical (unpaired) electrons. The summed E-state index contributed by atoms with van der Waals surface area (Å²) in [6, 6.07) is 5.69. The van der Waals surface area contributed by atoms with Gasteiger partial charge >= 0.3 is 0 Å². The van der Waals surface area contributed by atoms with E-state index in [-0.39, 0.29) is 17.7 Å². The van der Waals surface area contributed by atoms with Crippen molar-refractivity contribution in [1.82, 2.24) is 19.4 Å². The van der Waals surface area contributed by atoms with Crippen LogP contribution in [0.4, 0.5) is 0 Å². The second kappa shape index (κ2) is 6.70. The van der Waals surface area contributed by atoms with Gasteiger partial charge in [-0.25, -0.2) is 4.52 Å². The Morgan fingerprint density at radius 1 is 1.04 bits per heavy atom. The van der Waals surface area contributed by atoms with E-state index >= 15 is 0 Å². The van der Waals surface area contributed by atoms with E-state index in [0.29, 0.717) is 31.7 Å². The fraction of sp³-hybridized carbons (Fsp3) is 0.421. The molecule has 25 heavy (non-hydrogen) atoms. The van der Waals surface area contributed by atoms with Crippen molar-refractivity contribution in [1.29, 1.82) is 0 Å². The van der Waals surface area contributed by atoms with Crippen molar-refractivity contribution in [3.63, 3.8) is 0 Å². The number of amides is 2. The SMILES string of the molecule is O=C(c1cnn2ccccc12)N1CCN(C(=O)[C@H]2CC=CCC2)CC1. The standard InChI is InChI=1S/C19H22N4O2/c24-18(15-6-2-1-3-7-15)21-10-12-22(13-11-21)19(25)16-14-20-23-9-5-4-8-17(16)23/h1-2,4-5,8-9,14-15H,3,6-7,10-13H2/t15-/m0/s1. The molecular formula is C19H22N4O2. The van der Waals surface area contributed by atoms with Gasteiger partial charge in [0.2, 0.25) is 5.91 Å². The van der Waals surface area contributed by atoms with Gasteiger partial charge in [0.15, 0.2) is 0 Å². The van der Waals surface area contributed by atoms with E-state index in [0.717, 1.165) is 24.8 Å². The van der Waals surface area contributed by atoms with Crippen LogP contribution in [0, 0.1) is 5.92 Å². The monoisotopic (exact) mass is 338 g/mol. The summed E-state index contributed by atoms with van der Waals surface area (Å²) in [6.07, 6.45) is 10.5. The van der Waals surface area contributed by atoms with Crippen LogP contribution in [0.15, 0.2) is 42.7 Å². The Bertz CT molecular complexity index is 818. The highest BCUT2D eigenvalue weighted by atomic mass is 16.2. The predicted molar refractivity (Wildman–Crippen MR) is 94.2 cm³/mol. The molecule has 0 aromatic carbocycles. The van der Waals surface area contributed by atoms with Crippen LogP contribution >= 0.6 is 0 Å². The molecule has 2 aromatic heterocycles. The predicted octanol–water partition coefficient (Wildman–Crippen LogP) is 1.97. The molecule has 2 aromatic rings. The first-order valence-corrected chi connectivity index (χ1v) is 8.89. The first kappa shape index (κ1) is 15.9. The second-order valence-corrected chi connectivity index (χ2v) is 6.69. The lowest BCUT2D eigenvalue weighted by Gasteiger charge is -2.36. The molecule has 6 nitrogen and oxygen atoms in total. The highest BCUT2D eigenvalue weighted by Gasteiger charge is 2.29. The molecule has 4 rings (SSSR count). The number of hydrogen-bond donors (Lipinski definition) is 0. The Morgan fingerprint density at radius 2 is 1.84 bits per heavy atom. The normalized spacial score (nSPS) is 20.9. The molecule has 1 aliphatic heterocycles. The summed E-state index contributed by atoms with van der Waals surface area (Å²) in [7, 11) is 0. The summed E-state index contributed by atoms with van der Waals surface area (Å²) in [5.41, 5.74) is 1.44. The van der Waals surface area contributed by atoms with Gasteiger partial charge in [0.05, 0.1) is 17.3 Å². The molecule has 1 aliphatic carbocycles. The number of rotatable bonds is 2. The maximum atomic E-state index is 12.8. The molecule has 0 unspecified atom stereocenters. The zero-order valence-corrected chi connectivity index (χ0v) is 14.2. The number of carbonyl (C=O) groups excluding carboxylic acids is 2. The van der Waals surface area contributed by atoms with Crippen LogP contribution in [0.1, 0.15) is 29.6 Å². The van der Waals surface area contributed by atoms with Gasteiger partial charge in [0.1, 0.15) is 0 Å². The quantitative estimate of drug-likeness (QED) is 0.787. The number of nitrogens with zero attached hydrogens (tertiary/aromatic N) is 4. The Labute approximate surface area is 146 Å². The van der Waals surface area contributed by atoms with Crippen molar-refractivity contribution in [2.24, 2.45) is 5.92 Å². The fourth-order valence-corrected chi connectivity index (χ4v) is 3.68. The minimum Gasteiger partial charge on any atom is -0.339 e. The van der Waals surface area contributed by atoms with E-state index in [1.807, 2.05) is 34.2 Å². The van der Waals surface area contributed by atoms with Gasteiger partial charge in [-0.15, -0.1) is 0 Å². The third-order valence-electron chi connectivity index (χ3n) is 5.15. The second-order valence-electron chi connectivity index (χ2n) is 6.69. The van der Waals surface area contributed by atoms with Gasteiger partial charge in [-0.2, -0.15) is 5.10 Å². The maximum absolute atomic E-state index is 12.8. The Balaban J connectivity index is 1.40. The Hall–Kier alpha value is -2.63. The van der Waals surface area contributed by atoms with Crippen molar-refractivity contribution in [2.45, 2.75) is 19.3 Å². The maximum Gasteiger partial charge on any atom is 0.257 e. The van der Waals surface area contributed by atoms with Crippen molar-refractivity contribution < 1.29 is 9.59 Å².